The van der Waals surface area contributed by atoms with Gasteiger partial charge in [0.25, 0.3) is 0 Å². The number of nitrogens with zero attached hydrogens (tertiary/aromatic N) is 1. The molecule has 1 rings (SSSR count). The molecule has 1 aliphatic rings. The second-order valence-corrected chi connectivity index (χ2v) is 4.47. The first-order chi connectivity index (χ1) is 6.14. The van der Waals surface area contributed by atoms with E-state index in [9.17, 15) is 0 Å². The van der Waals surface area contributed by atoms with Gasteiger partial charge in [-0.25, -0.2) is 0 Å². The summed E-state index contributed by atoms with van der Waals surface area (Å²) in [7, 11) is 0. The lowest BCUT2D eigenvalue weighted by Crippen LogP contribution is -2.46. The fraction of sp³-hybridized carbons (Fsp3) is 0.818. The van der Waals surface area contributed by atoms with Gasteiger partial charge in [-0.05, 0) is 40.3 Å². The summed E-state index contributed by atoms with van der Waals surface area (Å²) in [5, 5.41) is 3.56. The van der Waals surface area contributed by atoms with Crippen LogP contribution in [0.3, 0.4) is 0 Å². The van der Waals surface area contributed by atoms with Gasteiger partial charge in [-0.1, -0.05) is 12.2 Å². The van der Waals surface area contributed by atoms with E-state index in [4.69, 9.17) is 0 Å². The number of nitrogens with one attached hydrogen (secondary N) is 1. The van der Waals surface area contributed by atoms with E-state index in [-0.39, 0.29) is 5.54 Å². The second-order valence-electron chi connectivity index (χ2n) is 4.47. The van der Waals surface area contributed by atoms with E-state index in [0.717, 1.165) is 19.6 Å². The quantitative estimate of drug-likeness (QED) is 0.653. The molecule has 1 N–H and O–H groups in total. The Morgan fingerprint density at radius 3 is 2.92 bits per heavy atom. The third kappa shape index (κ3) is 3.92. The van der Waals surface area contributed by atoms with Crippen molar-refractivity contribution in [2.24, 2.45) is 0 Å². The SMILES string of the molecule is C/C=C/CN1CCCNC(C)(C)C1. The number of hydrogen-bond donors (Lipinski definition) is 1. The summed E-state index contributed by atoms with van der Waals surface area (Å²) in [5.74, 6) is 0. The Morgan fingerprint density at radius 2 is 2.23 bits per heavy atom. The van der Waals surface area contributed by atoms with Gasteiger partial charge in [0.05, 0.1) is 0 Å². The van der Waals surface area contributed by atoms with Crippen molar-refractivity contribution in [1.82, 2.24) is 10.2 Å². The van der Waals surface area contributed by atoms with E-state index >= 15 is 0 Å². The first kappa shape index (κ1) is 10.7. The monoisotopic (exact) mass is 182 g/mol. The second kappa shape index (κ2) is 4.77. The first-order valence-corrected chi connectivity index (χ1v) is 5.22. The Bertz CT molecular complexity index is 173. The molecule has 0 aromatic rings. The lowest BCUT2D eigenvalue weighted by Gasteiger charge is -2.29. The van der Waals surface area contributed by atoms with E-state index in [1.807, 2.05) is 0 Å². The third-order valence-electron chi connectivity index (χ3n) is 2.47. The van der Waals surface area contributed by atoms with Gasteiger partial charge < -0.3 is 5.32 Å². The van der Waals surface area contributed by atoms with Crippen molar-refractivity contribution in [3.8, 4) is 0 Å². The molecule has 1 heterocycles. The molecule has 0 aromatic heterocycles. The molecular weight excluding hydrogens is 160 g/mol. The molecular formula is C11H22N2. The molecule has 1 fully saturated rings. The average Bonchev–Trinajstić information content (AvgIpc) is 2.22. The van der Waals surface area contributed by atoms with Crippen molar-refractivity contribution < 1.29 is 0 Å². The van der Waals surface area contributed by atoms with Gasteiger partial charge in [0, 0.05) is 18.6 Å². The molecule has 2 nitrogen and oxygen atoms in total. The van der Waals surface area contributed by atoms with Gasteiger partial charge in [0.1, 0.15) is 0 Å². The Kier molecular flexibility index (Phi) is 3.94. The Labute approximate surface area is 82.0 Å². The predicted octanol–water partition coefficient (Wildman–Crippen LogP) is 1.64. The molecule has 0 saturated carbocycles. The summed E-state index contributed by atoms with van der Waals surface area (Å²) >= 11 is 0. The van der Waals surface area contributed by atoms with Gasteiger partial charge >= 0.3 is 0 Å². The maximum Gasteiger partial charge on any atom is 0.0252 e. The maximum atomic E-state index is 3.56. The van der Waals surface area contributed by atoms with E-state index in [0.29, 0.717) is 0 Å². The molecule has 0 amide bonds. The minimum atomic E-state index is 0.276. The maximum absolute atomic E-state index is 3.56. The lowest BCUT2D eigenvalue weighted by atomic mass is 10.1. The van der Waals surface area contributed by atoms with Gasteiger partial charge in [-0.15, -0.1) is 0 Å². The van der Waals surface area contributed by atoms with Crippen LogP contribution in [-0.4, -0.2) is 36.6 Å². The van der Waals surface area contributed by atoms with Crippen LogP contribution >= 0.6 is 0 Å². The molecule has 2 heteroatoms. The summed E-state index contributed by atoms with van der Waals surface area (Å²) in [6, 6.07) is 0. The van der Waals surface area contributed by atoms with Gasteiger partial charge in [-0.3, -0.25) is 4.90 Å². The summed E-state index contributed by atoms with van der Waals surface area (Å²) in [6.07, 6.45) is 5.63. The van der Waals surface area contributed by atoms with Crippen LogP contribution in [0.1, 0.15) is 27.2 Å². The van der Waals surface area contributed by atoms with Gasteiger partial charge in [0.15, 0.2) is 0 Å². The molecule has 1 aliphatic heterocycles. The lowest BCUT2D eigenvalue weighted by molar-refractivity contribution is 0.251. The zero-order valence-electron chi connectivity index (χ0n) is 9.14. The van der Waals surface area contributed by atoms with Gasteiger partial charge in [-0.2, -0.15) is 0 Å². The minimum absolute atomic E-state index is 0.276. The molecule has 0 spiro atoms. The minimum Gasteiger partial charge on any atom is -0.310 e. The molecule has 76 valence electrons. The van der Waals surface area contributed by atoms with E-state index < -0.39 is 0 Å². The van der Waals surface area contributed by atoms with Crippen molar-refractivity contribution in [3.05, 3.63) is 12.2 Å². The fourth-order valence-corrected chi connectivity index (χ4v) is 1.83. The Morgan fingerprint density at radius 1 is 1.46 bits per heavy atom. The highest BCUT2D eigenvalue weighted by Crippen LogP contribution is 2.09. The highest BCUT2D eigenvalue weighted by atomic mass is 15.2. The van der Waals surface area contributed by atoms with Crippen LogP contribution < -0.4 is 5.32 Å². The first-order valence-electron chi connectivity index (χ1n) is 5.22. The topological polar surface area (TPSA) is 15.3 Å². The molecule has 13 heavy (non-hydrogen) atoms. The summed E-state index contributed by atoms with van der Waals surface area (Å²) in [5.41, 5.74) is 0.276. The largest absolute Gasteiger partial charge is 0.310 e. The highest BCUT2D eigenvalue weighted by molar-refractivity contribution is 4.89. The summed E-state index contributed by atoms with van der Waals surface area (Å²) in [6.45, 7) is 11.3. The fourth-order valence-electron chi connectivity index (χ4n) is 1.83. The number of rotatable bonds is 2. The van der Waals surface area contributed by atoms with Crippen LogP contribution in [0.15, 0.2) is 12.2 Å². The van der Waals surface area contributed by atoms with Crippen molar-refractivity contribution >= 4 is 0 Å². The molecule has 0 aromatic carbocycles. The van der Waals surface area contributed by atoms with Crippen LogP contribution in [0.2, 0.25) is 0 Å². The Hall–Kier alpha value is -0.340. The molecule has 0 bridgehead atoms. The van der Waals surface area contributed by atoms with Crippen molar-refractivity contribution in [2.75, 3.05) is 26.2 Å². The normalized spacial score (nSPS) is 24.8. The van der Waals surface area contributed by atoms with Crippen molar-refractivity contribution in [3.63, 3.8) is 0 Å². The van der Waals surface area contributed by atoms with E-state index in [1.54, 1.807) is 0 Å². The van der Waals surface area contributed by atoms with E-state index in [2.05, 4.69) is 43.1 Å². The third-order valence-corrected chi connectivity index (χ3v) is 2.47. The zero-order chi connectivity index (χ0) is 9.73. The molecule has 0 aliphatic carbocycles. The van der Waals surface area contributed by atoms with Crippen LogP contribution in [0.5, 0.6) is 0 Å². The van der Waals surface area contributed by atoms with Crippen molar-refractivity contribution in [2.45, 2.75) is 32.7 Å². The molecule has 0 radical (unpaired) electrons. The highest BCUT2D eigenvalue weighted by Gasteiger charge is 2.22. The standard InChI is InChI=1S/C11H22N2/c1-4-5-8-13-9-6-7-12-11(2,3)10-13/h4-5,12H,6-10H2,1-3H3/b5-4+. The van der Waals surface area contributed by atoms with Crippen molar-refractivity contribution in [1.29, 1.82) is 0 Å². The van der Waals surface area contributed by atoms with Crippen LogP contribution in [-0.2, 0) is 0 Å². The smallest absolute Gasteiger partial charge is 0.0252 e. The molecule has 1 saturated heterocycles. The number of hydrogen-bond acceptors (Lipinski definition) is 2. The van der Waals surface area contributed by atoms with Crippen LogP contribution in [0.25, 0.3) is 0 Å². The van der Waals surface area contributed by atoms with Crippen LogP contribution in [0.4, 0.5) is 0 Å². The average molecular weight is 182 g/mol. The summed E-state index contributed by atoms with van der Waals surface area (Å²) in [4.78, 5) is 2.51. The number of allylic oxidation sites excluding steroid dienone is 1. The zero-order valence-corrected chi connectivity index (χ0v) is 9.14. The molecule has 0 atom stereocenters. The van der Waals surface area contributed by atoms with Gasteiger partial charge in [0.2, 0.25) is 0 Å². The predicted molar refractivity (Wildman–Crippen MR) is 58.0 cm³/mol. The van der Waals surface area contributed by atoms with Crippen LogP contribution in [0, 0.1) is 0 Å². The van der Waals surface area contributed by atoms with E-state index in [1.165, 1.54) is 13.0 Å². The summed E-state index contributed by atoms with van der Waals surface area (Å²) < 4.78 is 0. The molecule has 0 unspecified atom stereocenters. The Balaban J connectivity index is 2.44.